The van der Waals surface area contributed by atoms with Gasteiger partial charge >= 0.3 is 18.9 Å². The van der Waals surface area contributed by atoms with E-state index in [0.29, 0.717) is 34.7 Å². The molecular formula is C20H24LiNO5S. The standard InChI is InChI=1S/C20H24NO5S.Li/c1-13-3-7-15(8-4-13)27(21,22)16-9-5-14(6-10-16)26-18-12-25-19-17(23-2)11-24-20(18)19;/h3,5-10,13,17-19,21H,4,11-12H2,1-2H3;/q-1;+1/t13?,17-,18-,19-,27?;/m1./s1. The van der Waals surface area contributed by atoms with Gasteiger partial charge in [-0.15, -0.1) is 6.10 Å². The number of ether oxygens (including phenoxy) is 4. The van der Waals surface area contributed by atoms with Crippen molar-refractivity contribution in [1.82, 2.24) is 0 Å². The van der Waals surface area contributed by atoms with Crippen molar-refractivity contribution in [2.75, 3.05) is 20.3 Å². The molecule has 2 aliphatic heterocycles. The van der Waals surface area contributed by atoms with Crippen LogP contribution in [0.1, 0.15) is 13.3 Å². The predicted octanol–water partition coefficient (Wildman–Crippen LogP) is 0.300. The van der Waals surface area contributed by atoms with E-state index in [9.17, 15) is 4.21 Å². The second kappa shape index (κ2) is 8.74. The van der Waals surface area contributed by atoms with E-state index in [-0.39, 0.29) is 37.2 Å². The van der Waals surface area contributed by atoms with Gasteiger partial charge in [-0.05, 0) is 48.8 Å². The molecule has 0 radical (unpaired) electrons. The van der Waals surface area contributed by atoms with E-state index < -0.39 is 9.73 Å². The smallest absolute Gasteiger partial charge is 0.541 e. The molecule has 2 saturated heterocycles. The predicted molar refractivity (Wildman–Crippen MR) is 101 cm³/mol. The Morgan fingerprint density at radius 1 is 1.25 bits per heavy atom. The van der Waals surface area contributed by atoms with E-state index in [1.165, 1.54) is 0 Å². The fourth-order valence-electron chi connectivity index (χ4n) is 3.48. The van der Waals surface area contributed by atoms with Crippen molar-refractivity contribution in [1.29, 1.82) is 4.78 Å². The van der Waals surface area contributed by atoms with Crippen LogP contribution in [0, 0.1) is 16.8 Å². The third kappa shape index (κ3) is 4.11. The second-order valence-corrected chi connectivity index (χ2v) is 9.11. The third-order valence-corrected chi connectivity index (χ3v) is 7.03. The van der Waals surface area contributed by atoms with Crippen molar-refractivity contribution in [2.45, 2.75) is 36.6 Å². The Balaban J connectivity index is 0.00000225. The minimum Gasteiger partial charge on any atom is -0.541 e. The average Bonchev–Trinajstić information content (AvgIpc) is 3.25. The zero-order valence-corrected chi connectivity index (χ0v) is 17.2. The number of nitrogens with one attached hydrogen (secondary N) is 1. The molecule has 1 N–H and O–H groups in total. The van der Waals surface area contributed by atoms with Gasteiger partial charge in [0.2, 0.25) is 0 Å². The monoisotopic (exact) mass is 397 g/mol. The van der Waals surface area contributed by atoms with E-state index >= 15 is 0 Å². The first-order valence-corrected chi connectivity index (χ1v) is 10.6. The van der Waals surface area contributed by atoms with E-state index in [1.807, 2.05) is 18.2 Å². The molecule has 1 aromatic carbocycles. The van der Waals surface area contributed by atoms with Gasteiger partial charge in [0, 0.05) is 24.7 Å². The molecule has 1 aromatic rings. The molecule has 5 atom stereocenters. The molecule has 1 aliphatic carbocycles. The number of hydrogen-bond donors (Lipinski definition) is 1. The van der Waals surface area contributed by atoms with Crippen molar-refractivity contribution >= 4 is 9.73 Å². The Kier molecular flexibility index (Phi) is 6.75. The van der Waals surface area contributed by atoms with Crippen LogP contribution in [-0.2, 0) is 23.9 Å². The second-order valence-electron chi connectivity index (χ2n) is 7.05. The summed E-state index contributed by atoms with van der Waals surface area (Å²) in [5.41, 5.74) is 0. The van der Waals surface area contributed by atoms with Crippen LogP contribution in [0.4, 0.5) is 0 Å². The number of fused-ring (bicyclic) bond motifs is 1. The molecule has 2 fully saturated rings. The van der Waals surface area contributed by atoms with Gasteiger partial charge in [0.05, 0.1) is 17.6 Å². The van der Waals surface area contributed by atoms with E-state index in [4.69, 9.17) is 23.7 Å². The third-order valence-electron chi connectivity index (χ3n) is 5.13. The first kappa shape index (κ1) is 21.6. The van der Waals surface area contributed by atoms with Crippen LogP contribution in [0.3, 0.4) is 0 Å². The molecular weight excluding hydrogens is 373 g/mol. The molecule has 4 rings (SSSR count). The topological polar surface area (TPSA) is 77.8 Å². The largest absolute Gasteiger partial charge is 1.00 e. The summed E-state index contributed by atoms with van der Waals surface area (Å²) in [5.74, 6) is 1.05. The maximum Gasteiger partial charge on any atom is 1.00 e. The first-order valence-electron chi connectivity index (χ1n) is 9.07. The van der Waals surface area contributed by atoms with Crippen molar-refractivity contribution in [3.63, 3.8) is 0 Å². The molecule has 2 heterocycles. The van der Waals surface area contributed by atoms with Crippen molar-refractivity contribution < 1.29 is 42.0 Å². The van der Waals surface area contributed by atoms with Crippen LogP contribution in [-0.4, -0.2) is 42.8 Å². The Morgan fingerprint density at radius 2 is 2.00 bits per heavy atom. The Morgan fingerprint density at radius 3 is 2.64 bits per heavy atom. The molecule has 146 valence electrons. The van der Waals surface area contributed by atoms with Crippen molar-refractivity contribution in [2.24, 2.45) is 5.92 Å². The van der Waals surface area contributed by atoms with Gasteiger partial charge in [-0.1, -0.05) is 19.1 Å². The Hall–Kier alpha value is -1.07. The maximum atomic E-state index is 13.0. The molecule has 2 unspecified atom stereocenters. The van der Waals surface area contributed by atoms with Crippen LogP contribution in [0.15, 0.2) is 52.3 Å². The number of benzene rings is 1. The summed E-state index contributed by atoms with van der Waals surface area (Å²) in [6.45, 7) is 2.98. The van der Waals surface area contributed by atoms with Gasteiger partial charge in [0.25, 0.3) is 0 Å². The summed E-state index contributed by atoms with van der Waals surface area (Å²) in [6, 6.07) is 6.89. The molecule has 8 heteroatoms. The molecule has 28 heavy (non-hydrogen) atoms. The van der Waals surface area contributed by atoms with E-state index in [2.05, 4.69) is 6.92 Å². The number of rotatable bonds is 5. The van der Waals surface area contributed by atoms with Crippen LogP contribution >= 0.6 is 0 Å². The number of allylic oxidation sites excluding steroid dienone is 3. The molecule has 3 aliphatic rings. The fourth-order valence-corrected chi connectivity index (χ4v) is 4.88. The molecule has 6 nitrogen and oxygen atoms in total. The fraction of sp³-hybridized carbons (Fsp3) is 0.450. The summed E-state index contributed by atoms with van der Waals surface area (Å²) < 4.78 is 44.1. The quantitative estimate of drug-likeness (QED) is 0.571. The van der Waals surface area contributed by atoms with Gasteiger partial charge in [-0.3, -0.25) is 0 Å². The maximum absolute atomic E-state index is 13.0. The SMILES string of the molecule is CO[C@@H]1CO[C-]2[C@H](Oc3ccc(S(=N)(=O)C4=CCC(C)C=C4)cc3)CO[C@@H]21.[Li+]. The van der Waals surface area contributed by atoms with Gasteiger partial charge in [0.15, 0.2) is 0 Å². The van der Waals surface area contributed by atoms with E-state index in [1.54, 1.807) is 31.4 Å². The van der Waals surface area contributed by atoms with Crippen LogP contribution in [0.5, 0.6) is 5.75 Å². The van der Waals surface area contributed by atoms with Crippen LogP contribution in [0.2, 0.25) is 0 Å². The summed E-state index contributed by atoms with van der Waals surface area (Å²) >= 11 is 0. The minimum absolute atomic E-state index is 0. The molecule has 0 spiro atoms. The van der Waals surface area contributed by atoms with Gasteiger partial charge < -0.3 is 18.9 Å². The summed E-state index contributed by atoms with van der Waals surface area (Å²) in [7, 11) is -1.36. The van der Waals surface area contributed by atoms with Crippen LogP contribution in [0.25, 0.3) is 0 Å². The Bertz CT molecular complexity index is 852. The van der Waals surface area contributed by atoms with E-state index in [0.717, 1.165) is 12.5 Å². The molecule has 0 saturated carbocycles. The average molecular weight is 397 g/mol. The number of methoxy groups -OCH3 is 1. The number of hydrogen-bond acceptors (Lipinski definition) is 6. The van der Waals surface area contributed by atoms with Gasteiger partial charge in [-0.2, -0.15) is 0 Å². The van der Waals surface area contributed by atoms with Gasteiger partial charge in [0.1, 0.15) is 15.5 Å². The summed E-state index contributed by atoms with van der Waals surface area (Å²) in [6.07, 6.45) is 6.73. The summed E-state index contributed by atoms with van der Waals surface area (Å²) in [4.78, 5) is 1.05. The van der Waals surface area contributed by atoms with Crippen LogP contribution < -0.4 is 23.6 Å². The van der Waals surface area contributed by atoms with Crippen molar-refractivity contribution in [3.05, 3.63) is 53.5 Å². The van der Waals surface area contributed by atoms with Crippen molar-refractivity contribution in [3.8, 4) is 5.75 Å². The first-order chi connectivity index (χ1) is 13.0. The van der Waals surface area contributed by atoms with Gasteiger partial charge in [-0.25, -0.2) is 8.99 Å². The summed E-state index contributed by atoms with van der Waals surface area (Å²) in [5, 5.41) is 0. The molecule has 0 bridgehead atoms. The Labute approximate surface area is 178 Å². The zero-order valence-electron chi connectivity index (χ0n) is 16.4. The minimum atomic E-state index is -3.01. The molecule has 0 aromatic heterocycles. The zero-order chi connectivity index (χ0) is 19.0. The molecule has 0 amide bonds. The normalized spacial score (nSPS) is 31.6.